The Balaban J connectivity index is 1.17. The molecule has 2 aromatic heterocycles. The minimum atomic E-state index is -0.560. The fraction of sp³-hybridized carbons (Fsp3) is 0.417. The smallest absolute Gasteiger partial charge is 0.269 e. The number of aliphatic hydroxyl groups excluding tert-OH is 1. The van der Waals surface area contributed by atoms with Crippen molar-refractivity contribution in [2.45, 2.75) is 31.7 Å². The van der Waals surface area contributed by atoms with Crippen LogP contribution in [0.3, 0.4) is 0 Å². The Morgan fingerprint density at radius 2 is 2.14 bits per heavy atom. The topological polar surface area (TPSA) is 131 Å². The van der Waals surface area contributed by atoms with E-state index in [1.807, 2.05) is 24.3 Å². The number of nitrogens with zero attached hydrogens (tertiary/aromatic N) is 4. The maximum Gasteiger partial charge on any atom is 0.269 e. The van der Waals surface area contributed by atoms with Crippen molar-refractivity contribution in [3.05, 3.63) is 52.6 Å². The summed E-state index contributed by atoms with van der Waals surface area (Å²) < 4.78 is 12.3. The molecule has 2 aliphatic heterocycles. The van der Waals surface area contributed by atoms with Crippen LogP contribution in [0, 0.1) is 0 Å². The predicted molar refractivity (Wildman–Crippen MR) is 129 cm³/mol. The third kappa shape index (κ3) is 5.11. The summed E-state index contributed by atoms with van der Waals surface area (Å²) in [7, 11) is 1.59. The summed E-state index contributed by atoms with van der Waals surface area (Å²) in [5.41, 5.74) is 2.05. The number of ether oxygens (including phenoxy) is 2. The van der Waals surface area contributed by atoms with E-state index in [1.54, 1.807) is 17.7 Å². The van der Waals surface area contributed by atoms with E-state index in [-0.39, 0.29) is 24.1 Å². The molecule has 2 atom stereocenters. The van der Waals surface area contributed by atoms with Crippen LogP contribution in [0.1, 0.15) is 12.1 Å². The molecule has 0 spiro atoms. The van der Waals surface area contributed by atoms with Crippen LogP contribution >= 0.6 is 0 Å². The lowest BCUT2D eigenvalue weighted by Crippen LogP contribution is -2.53. The van der Waals surface area contributed by atoms with Gasteiger partial charge in [-0.2, -0.15) is 0 Å². The van der Waals surface area contributed by atoms with Crippen LogP contribution in [0.4, 0.5) is 5.82 Å². The standard InChI is InChI=1S/C24H28N6O5/c1-34-16-3-4-17-19(10-16)30(23(33)12-26-17)9-8-29-7-6-18(20(31)13-29)25-11-15-2-5-21-24(27-15)28-22(32)14-35-21/h2-5,10,12,18,20,25,31H,6-9,11,13-14H2,1H3,(H,27,28,32)/t18-,20+/m1/s1. The quantitative estimate of drug-likeness (QED) is 0.439. The van der Waals surface area contributed by atoms with Crippen molar-refractivity contribution in [2.24, 2.45) is 0 Å². The SMILES string of the molecule is COc1ccc2ncc(=O)n(CCN3CC[C@@H](NCc4ccc5c(n4)NC(=O)CO5)[C@@H](O)C3)c2c1. The number of benzene rings is 1. The second-order valence-electron chi connectivity index (χ2n) is 8.73. The molecule has 2 aliphatic rings. The Kier molecular flexibility index (Phi) is 6.62. The van der Waals surface area contributed by atoms with Crippen molar-refractivity contribution >= 4 is 22.8 Å². The van der Waals surface area contributed by atoms with E-state index in [4.69, 9.17) is 9.47 Å². The number of aromatic nitrogens is 3. The Morgan fingerprint density at radius 1 is 1.26 bits per heavy atom. The zero-order chi connectivity index (χ0) is 24.4. The van der Waals surface area contributed by atoms with Crippen LogP contribution in [0.15, 0.2) is 41.3 Å². The molecule has 11 heteroatoms. The number of β-amino-alcohol motifs (C(OH)–C–C–N with tert-alkyl or cyclic N) is 1. The number of fused-ring (bicyclic) bond motifs is 2. The Hall–Kier alpha value is -3.54. The zero-order valence-electron chi connectivity index (χ0n) is 19.4. The molecule has 0 saturated carbocycles. The first-order valence-corrected chi connectivity index (χ1v) is 11.6. The van der Waals surface area contributed by atoms with E-state index in [1.165, 1.54) is 6.20 Å². The molecule has 1 aromatic carbocycles. The monoisotopic (exact) mass is 480 g/mol. The van der Waals surface area contributed by atoms with Crippen molar-refractivity contribution in [3.63, 3.8) is 0 Å². The lowest BCUT2D eigenvalue weighted by atomic mass is 10.0. The zero-order valence-corrected chi connectivity index (χ0v) is 19.4. The molecule has 1 saturated heterocycles. The molecule has 0 radical (unpaired) electrons. The van der Waals surface area contributed by atoms with Gasteiger partial charge in [0, 0.05) is 38.3 Å². The van der Waals surface area contributed by atoms with Gasteiger partial charge < -0.3 is 29.8 Å². The molecular formula is C24H28N6O5. The number of amides is 1. The van der Waals surface area contributed by atoms with Crippen molar-refractivity contribution in [1.29, 1.82) is 0 Å². The summed E-state index contributed by atoms with van der Waals surface area (Å²) in [6, 6.07) is 9.03. The van der Waals surface area contributed by atoms with Crippen molar-refractivity contribution < 1.29 is 19.4 Å². The highest BCUT2D eigenvalue weighted by Crippen LogP contribution is 2.25. The second kappa shape index (κ2) is 9.98. The van der Waals surface area contributed by atoms with Crippen LogP contribution in [0.2, 0.25) is 0 Å². The minimum Gasteiger partial charge on any atom is -0.497 e. The van der Waals surface area contributed by atoms with Gasteiger partial charge in [-0.25, -0.2) is 9.97 Å². The number of likely N-dealkylation sites (tertiary alicyclic amines) is 1. The van der Waals surface area contributed by atoms with Gasteiger partial charge in [-0.15, -0.1) is 0 Å². The van der Waals surface area contributed by atoms with Crippen LogP contribution in [0.25, 0.3) is 11.0 Å². The number of anilines is 1. The molecule has 3 N–H and O–H groups in total. The largest absolute Gasteiger partial charge is 0.497 e. The average Bonchev–Trinajstić information content (AvgIpc) is 2.87. The van der Waals surface area contributed by atoms with Gasteiger partial charge in [-0.1, -0.05) is 0 Å². The molecule has 5 rings (SSSR count). The fourth-order valence-electron chi connectivity index (χ4n) is 4.52. The van der Waals surface area contributed by atoms with E-state index in [2.05, 4.69) is 25.5 Å². The van der Waals surface area contributed by atoms with E-state index >= 15 is 0 Å². The molecule has 11 nitrogen and oxygen atoms in total. The maximum atomic E-state index is 12.5. The number of nitrogens with one attached hydrogen (secondary N) is 2. The Morgan fingerprint density at radius 3 is 2.97 bits per heavy atom. The van der Waals surface area contributed by atoms with Gasteiger partial charge in [0.25, 0.3) is 11.5 Å². The number of methoxy groups -OCH3 is 1. The first-order chi connectivity index (χ1) is 17.0. The summed E-state index contributed by atoms with van der Waals surface area (Å²) in [5.74, 6) is 1.43. The Bertz CT molecular complexity index is 1300. The lowest BCUT2D eigenvalue weighted by Gasteiger charge is -2.36. The highest BCUT2D eigenvalue weighted by molar-refractivity contribution is 5.94. The number of aliphatic hydroxyl groups is 1. The summed E-state index contributed by atoms with van der Waals surface area (Å²) in [5, 5.41) is 16.8. The van der Waals surface area contributed by atoms with Crippen LogP contribution < -0.4 is 25.7 Å². The number of hydrogen-bond donors (Lipinski definition) is 3. The van der Waals surface area contributed by atoms with Gasteiger partial charge in [0.1, 0.15) is 5.75 Å². The normalized spacial score (nSPS) is 20.2. The molecular weight excluding hydrogens is 452 g/mol. The average molecular weight is 481 g/mol. The van der Waals surface area contributed by atoms with Crippen LogP contribution in [0.5, 0.6) is 11.5 Å². The lowest BCUT2D eigenvalue weighted by molar-refractivity contribution is -0.118. The maximum absolute atomic E-state index is 12.5. The van der Waals surface area contributed by atoms with Crippen molar-refractivity contribution in [2.75, 3.05) is 38.7 Å². The summed E-state index contributed by atoms with van der Waals surface area (Å²) >= 11 is 0. The molecule has 35 heavy (non-hydrogen) atoms. The van der Waals surface area contributed by atoms with E-state index in [9.17, 15) is 14.7 Å². The van der Waals surface area contributed by atoms with Crippen molar-refractivity contribution in [1.82, 2.24) is 24.8 Å². The number of carbonyl (C=O) groups is 1. The predicted octanol–water partition coefficient (Wildman–Crippen LogP) is 0.356. The van der Waals surface area contributed by atoms with Gasteiger partial charge in [-0.3, -0.25) is 14.5 Å². The summed E-state index contributed by atoms with van der Waals surface area (Å²) in [6.07, 6.45) is 1.54. The minimum absolute atomic E-state index is 0.00272. The van der Waals surface area contributed by atoms with Gasteiger partial charge in [-0.05, 0) is 37.2 Å². The number of hydrogen-bond acceptors (Lipinski definition) is 9. The van der Waals surface area contributed by atoms with E-state index < -0.39 is 6.10 Å². The second-order valence-corrected chi connectivity index (χ2v) is 8.73. The molecule has 0 unspecified atom stereocenters. The number of rotatable bonds is 7. The van der Waals surface area contributed by atoms with Crippen LogP contribution in [-0.2, 0) is 17.9 Å². The number of carbonyl (C=O) groups excluding carboxylic acids is 1. The third-order valence-corrected chi connectivity index (χ3v) is 6.44. The van der Waals surface area contributed by atoms with Gasteiger partial charge >= 0.3 is 0 Å². The summed E-state index contributed by atoms with van der Waals surface area (Å²) in [6.45, 7) is 2.87. The molecule has 0 aliphatic carbocycles. The molecule has 1 amide bonds. The highest BCUT2D eigenvalue weighted by Gasteiger charge is 2.27. The first kappa shape index (κ1) is 23.2. The van der Waals surface area contributed by atoms with Gasteiger partial charge in [0.15, 0.2) is 18.2 Å². The van der Waals surface area contributed by atoms with Gasteiger partial charge in [0.05, 0.1) is 36.1 Å². The Labute approximate surface area is 201 Å². The van der Waals surface area contributed by atoms with Gasteiger partial charge in [0.2, 0.25) is 0 Å². The fourth-order valence-corrected chi connectivity index (χ4v) is 4.52. The number of piperidine rings is 1. The number of pyridine rings is 1. The highest BCUT2D eigenvalue weighted by atomic mass is 16.5. The third-order valence-electron chi connectivity index (χ3n) is 6.44. The van der Waals surface area contributed by atoms with Crippen LogP contribution in [-0.4, -0.2) is 75.9 Å². The summed E-state index contributed by atoms with van der Waals surface area (Å²) in [4.78, 5) is 34.8. The van der Waals surface area contributed by atoms with E-state index in [0.717, 1.165) is 29.7 Å². The molecule has 1 fully saturated rings. The molecule has 0 bridgehead atoms. The molecule has 4 heterocycles. The molecule has 184 valence electrons. The first-order valence-electron chi connectivity index (χ1n) is 11.6. The molecule has 3 aromatic rings. The van der Waals surface area contributed by atoms with E-state index in [0.29, 0.717) is 43.5 Å². The van der Waals surface area contributed by atoms with Crippen molar-refractivity contribution in [3.8, 4) is 11.5 Å².